The van der Waals surface area contributed by atoms with E-state index in [2.05, 4.69) is 5.32 Å². The van der Waals surface area contributed by atoms with Crippen LogP contribution < -0.4 is 5.32 Å². The van der Waals surface area contributed by atoms with E-state index in [4.69, 9.17) is 0 Å². The normalized spacial score (nSPS) is 30.4. The van der Waals surface area contributed by atoms with Crippen LogP contribution >= 0.6 is 0 Å². The third-order valence-electron chi connectivity index (χ3n) is 0.928. The SMILES string of the molecule is O=C1C[C@H](F)CN1. The van der Waals surface area contributed by atoms with Crippen LogP contribution in [0.25, 0.3) is 0 Å². The van der Waals surface area contributed by atoms with Crippen LogP contribution in [0.3, 0.4) is 0 Å². The summed E-state index contributed by atoms with van der Waals surface area (Å²) in [6.07, 6.45) is -0.882. The number of carbonyl (C=O) groups excluding carboxylic acids is 1. The Morgan fingerprint density at radius 2 is 2.57 bits per heavy atom. The van der Waals surface area contributed by atoms with Gasteiger partial charge in [0.05, 0.1) is 6.42 Å². The smallest absolute Gasteiger partial charge is 0.223 e. The Balaban J connectivity index is 2.40. The largest absolute Gasteiger partial charge is 0.353 e. The number of nitrogens with one attached hydrogen (secondary N) is 1. The minimum absolute atomic E-state index is 0.0556. The monoisotopic (exact) mass is 103 g/mol. The summed E-state index contributed by atoms with van der Waals surface area (Å²) in [5.41, 5.74) is 0. The lowest BCUT2D eigenvalue weighted by Gasteiger charge is -1.84. The molecular formula is C4H6FNO. The lowest BCUT2D eigenvalue weighted by molar-refractivity contribution is -0.119. The standard InChI is InChI=1S/C4H6FNO/c5-3-1-4(7)6-2-3/h3H,1-2H2,(H,6,7)/t3-/m0/s1. The molecular weight excluding hydrogens is 97.0 g/mol. The zero-order valence-corrected chi connectivity index (χ0v) is 3.78. The van der Waals surface area contributed by atoms with Crippen molar-refractivity contribution >= 4 is 5.91 Å². The molecule has 40 valence electrons. The van der Waals surface area contributed by atoms with Gasteiger partial charge in [0, 0.05) is 6.54 Å². The summed E-state index contributed by atoms with van der Waals surface area (Å²) in [6.45, 7) is 0.207. The van der Waals surface area contributed by atoms with Crippen molar-refractivity contribution in [1.29, 1.82) is 0 Å². The molecule has 1 rings (SSSR count). The van der Waals surface area contributed by atoms with E-state index in [-0.39, 0.29) is 18.9 Å². The fourth-order valence-electron chi connectivity index (χ4n) is 0.570. The van der Waals surface area contributed by atoms with Crippen molar-refractivity contribution in [2.75, 3.05) is 6.54 Å². The molecule has 1 heterocycles. The second-order valence-corrected chi connectivity index (χ2v) is 1.61. The molecule has 0 spiro atoms. The average Bonchev–Trinajstić information content (AvgIpc) is 1.87. The van der Waals surface area contributed by atoms with Gasteiger partial charge >= 0.3 is 0 Å². The van der Waals surface area contributed by atoms with Crippen molar-refractivity contribution in [3.8, 4) is 0 Å². The molecule has 0 aromatic rings. The highest BCUT2D eigenvalue weighted by atomic mass is 19.1. The molecule has 1 atom stereocenters. The van der Waals surface area contributed by atoms with Gasteiger partial charge in [-0.25, -0.2) is 4.39 Å². The Bertz CT molecular complexity index is 93.7. The summed E-state index contributed by atoms with van der Waals surface area (Å²) in [4.78, 5) is 10.1. The van der Waals surface area contributed by atoms with Crippen LogP contribution in [0.4, 0.5) is 4.39 Å². The number of alkyl halides is 1. The molecule has 0 unspecified atom stereocenters. The minimum Gasteiger partial charge on any atom is -0.353 e. The second-order valence-electron chi connectivity index (χ2n) is 1.61. The molecule has 1 saturated heterocycles. The van der Waals surface area contributed by atoms with E-state index in [1.54, 1.807) is 0 Å². The molecule has 0 aliphatic carbocycles. The van der Waals surface area contributed by atoms with Gasteiger partial charge in [0.2, 0.25) is 5.91 Å². The first-order valence-corrected chi connectivity index (χ1v) is 2.20. The molecule has 3 heteroatoms. The zero-order chi connectivity index (χ0) is 5.28. The minimum atomic E-state index is -0.938. The highest BCUT2D eigenvalue weighted by Gasteiger charge is 2.19. The molecule has 1 fully saturated rings. The van der Waals surface area contributed by atoms with Crippen LogP contribution in [0.2, 0.25) is 0 Å². The number of hydrogen-bond donors (Lipinski definition) is 1. The Labute approximate surface area is 40.7 Å². The van der Waals surface area contributed by atoms with Crippen LogP contribution in [0.5, 0.6) is 0 Å². The van der Waals surface area contributed by atoms with Crippen molar-refractivity contribution in [2.24, 2.45) is 0 Å². The first-order valence-electron chi connectivity index (χ1n) is 2.20. The first kappa shape index (κ1) is 4.56. The van der Waals surface area contributed by atoms with Gasteiger partial charge in [-0.3, -0.25) is 4.79 Å². The Hall–Kier alpha value is -0.600. The highest BCUT2D eigenvalue weighted by Crippen LogP contribution is 2.01. The van der Waals surface area contributed by atoms with Gasteiger partial charge in [-0.1, -0.05) is 0 Å². The molecule has 0 aromatic heterocycles. The number of halogens is 1. The number of carbonyl (C=O) groups is 1. The molecule has 1 aliphatic rings. The fraction of sp³-hybridized carbons (Fsp3) is 0.750. The molecule has 7 heavy (non-hydrogen) atoms. The van der Waals surface area contributed by atoms with Crippen molar-refractivity contribution in [3.05, 3.63) is 0 Å². The van der Waals surface area contributed by atoms with Crippen molar-refractivity contribution in [1.82, 2.24) is 5.32 Å². The average molecular weight is 103 g/mol. The van der Waals surface area contributed by atoms with E-state index in [9.17, 15) is 9.18 Å². The van der Waals surface area contributed by atoms with Gasteiger partial charge < -0.3 is 5.32 Å². The summed E-state index contributed by atoms with van der Waals surface area (Å²) in [7, 11) is 0. The second kappa shape index (κ2) is 1.48. The Morgan fingerprint density at radius 1 is 1.86 bits per heavy atom. The summed E-state index contributed by atoms with van der Waals surface area (Å²) < 4.78 is 11.9. The first-order chi connectivity index (χ1) is 3.29. The van der Waals surface area contributed by atoms with Crippen LogP contribution in [0, 0.1) is 0 Å². The molecule has 0 bridgehead atoms. The number of amides is 1. The van der Waals surface area contributed by atoms with Gasteiger partial charge in [-0.15, -0.1) is 0 Å². The van der Waals surface area contributed by atoms with Crippen molar-refractivity contribution < 1.29 is 9.18 Å². The van der Waals surface area contributed by atoms with Gasteiger partial charge in [0.1, 0.15) is 6.17 Å². The maximum atomic E-state index is 11.9. The van der Waals surface area contributed by atoms with Crippen molar-refractivity contribution in [3.63, 3.8) is 0 Å². The van der Waals surface area contributed by atoms with Crippen molar-refractivity contribution in [2.45, 2.75) is 12.6 Å². The Kier molecular flexibility index (Phi) is 0.964. The maximum absolute atomic E-state index is 11.9. The molecule has 1 N–H and O–H groups in total. The molecule has 0 radical (unpaired) electrons. The number of hydrogen-bond acceptors (Lipinski definition) is 1. The molecule has 1 amide bonds. The predicted octanol–water partition coefficient (Wildman–Crippen LogP) is -0.156. The van der Waals surface area contributed by atoms with Crippen LogP contribution in [0.15, 0.2) is 0 Å². The summed E-state index contributed by atoms with van der Waals surface area (Å²) in [5, 5.41) is 2.36. The van der Waals surface area contributed by atoms with E-state index >= 15 is 0 Å². The molecule has 1 aliphatic heterocycles. The Morgan fingerprint density at radius 3 is 2.71 bits per heavy atom. The lowest BCUT2D eigenvalue weighted by Crippen LogP contribution is -2.13. The molecule has 0 saturated carbocycles. The van der Waals surface area contributed by atoms with E-state index in [1.165, 1.54) is 0 Å². The molecule has 0 aromatic carbocycles. The van der Waals surface area contributed by atoms with Crippen LogP contribution in [0.1, 0.15) is 6.42 Å². The molecule has 2 nitrogen and oxygen atoms in total. The summed E-state index contributed by atoms with van der Waals surface area (Å²) >= 11 is 0. The maximum Gasteiger partial charge on any atom is 0.223 e. The quantitative estimate of drug-likeness (QED) is 0.453. The van der Waals surface area contributed by atoms with Crippen LogP contribution in [-0.2, 0) is 4.79 Å². The van der Waals surface area contributed by atoms with Gasteiger partial charge in [-0.05, 0) is 0 Å². The topological polar surface area (TPSA) is 29.1 Å². The van der Waals surface area contributed by atoms with E-state index < -0.39 is 6.17 Å². The van der Waals surface area contributed by atoms with E-state index in [0.717, 1.165) is 0 Å². The fourth-order valence-corrected chi connectivity index (χ4v) is 0.570. The van der Waals surface area contributed by atoms with Gasteiger partial charge in [-0.2, -0.15) is 0 Å². The summed E-state index contributed by atoms with van der Waals surface area (Å²) in [5.74, 6) is -0.174. The number of rotatable bonds is 0. The third kappa shape index (κ3) is 0.885. The van der Waals surface area contributed by atoms with Gasteiger partial charge in [0.25, 0.3) is 0 Å². The summed E-state index contributed by atoms with van der Waals surface area (Å²) in [6, 6.07) is 0. The van der Waals surface area contributed by atoms with E-state index in [1.807, 2.05) is 0 Å². The van der Waals surface area contributed by atoms with Crippen LogP contribution in [-0.4, -0.2) is 18.6 Å². The third-order valence-corrected chi connectivity index (χ3v) is 0.928. The van der Waals surface area contributed by atoms with E-state index in [0.29, 0.717) is 0 Å². The zero-order valence-electron chi connectivity index (χ0n) is 3.78. The predicted molar refractivity (Wildman–Crippen MR) is 22.5 cm³/mol. The lowest BCUT2D eigenvalue weighted by atomic mass is 10.3. The highest BCUT2D eigenvalue weighted by molar-refractivity contribution is 5.78. The van der Waals surface area contributed by atoms with Gasteiger partial charge in [0.15, 0.2) is 0 Å².